The number of amides is 1. The van der Waals surface area contributed by atoms with Crippen molar-refractivity contribution >= 4 is 5.91 Å². The van der Waals surface area contributed by atoms with Gasteiger partial charge in [-0.25, -0.2) is 0 Å². The van der Waals surface area contributed by atoms with Crippen molar-refractivity contribution < 1.29 is 9.90 Å². The van der Waals surface area contributed by atoms with Crippen LogP contribution < -0.4 is 5.73 Å². The van der Waals surface area contributed by atoms with E-state index in [1.54, 1.807) is 0 Å². The van der Waals surface area contributed by atoms with Gasteiger partial charge in [-0.2, -0.15) is 0 Å². The van der Waals surface area contributed by atoms with E-state index in [0.717, 1.165) is 45.1 Å². The molecular weight excluding hydrogens is 228 g/mol. The number of hydrogen-bond acceptors (Lipinski definition) is 3. The maximum atomic E-state index is 12.8. The number of aliphatic hydroxyl groups is 1. The molecule has 1 heterocycles. The summed E-state index contributed by atoms with van der Waals surface area (Å²) in [6.07, 6.45) is 6.91. The summed E-state index contributed by atoms with van der Waals surface area (Å²) in [7, 11) is 0. The Labute approximate surface area is 110 Å². The van der Waals surface area contributed by atoms with Crippen molar-refractivity contribution in [3.63, 3.8) is 0 Å². The molecular formula is C14H26N2O2. The minimum absolute atomic E-state index is 0.00158. The molecule has 0 bridgehead atoms. The van der Waals surface area contributed by atoms with E-state index in [4.69, 9.17) is 10.8 Å². The first-order valence-electron chi connectivity index (χ1n) is 7.27. The highest BCUT2D eigenvalue weighted by Gasteiger charge is 2.46. The standard InChI is InChI=1S/C14H26N2O2/c1-14(8-4-6-12(14)15)13(18)16-9-3-2-5-11(16)7-10-17/h11-12,17H,2-10,15H2,1H3. The molecule has 2 rings (SSSR count). The van der Waals surface area contributed by atoms with Crippen molar-refractivity contribution in [1.82, 2.24) is 4.90 Å². The molecule has 1 saturated carbocycles. The van der Waals surface area contributed by atoms with E-state index < -0.39 is 0 Å². The van der Waals surface area contributed by atoms with Gasteiger partial charge >= 0.3 is 0 Å². The predicted octanol–water partition coefficient (Wildman–Crippen LogP) is 1.27. The molecule has 2 fully saturated rings. The molecule has 1 amide bonds. The number of carbonyl (C=O) groups is 1. The van der Waals surface area contributed by atoms with Gasteiger partial charge in [0.1, 0.15) is 0 Å². The van der Waals surface area contributed by atoms with Crippen LogP contribution >= 0.6 is 0 Å². The normalized spacial score (nSPS) is 36.9. The van der Waals surface area contributed by atoms with Crippen LogP contribution in [0.2, 0.25) is 0 Å². The second kappa shape index (κ2) is 5.57. The average Bonchev–Trinajstić information content (AvgIpc) is 2.71. The number of rotatable bonds is 3. The zero-order valence-corrected chi connectivity index (χ0v) is 11.4. The fraction of sp³-hybridized carbons (Fsp3) is 0.929. The Morgan fingerprint density at radius 2 is 2.17 bits per heavy atom. The number of nitrogens with zero attached hydrogens (tertiary/aromatic N) is 1. The smallest absolute Gasteiger partial charge is 0.230 e. The molecule has 4 nitrogen and oxygen atoms in total. The second-order valence-electron chi connectivity index (χ2n) is 6.08. The fourth-order valence-electron chi connectivity index (χ4n) is 3.50. The molecule has 4 heteroatoms. The third-order valence-corrected chi connectivity index (χ3v) is 4.87. The largest absolute Gasteiger partial charge is 0.396 e. The summed E-state index contributed by atoms with van der Waals surface area (Å²) < 4.78 is 0. The van der Waals surface area contributed by atoms with Crippen LogP contribution in [0.3, 0.4) is 0 Å². The lowest BCUT2D eigenvalue weighted by atomic mass is 9.82. The highest BCUT2D eigenvalue weighted by Crippen LogP contribution is 2.39. The van der Waals surface area contributed by atoms with Crippen LogP contribution in [0.25, 0.3) is 0 Å². The van der Waals surface area contributed by atoms with Crippen LogP contribution in [0.1, 0.15) is 51.9 Å². The van der Waals surface area contributed by atoms with Gasteiger partial charge < -0.3 is 15.7 Å². The topological polar surface area (TPSA) is 66.6 Å². The summed E-state index contributed by atoms with van der Waals surface area (Å²) in [6, 6.07) is 0.225. The number of hydrogen-bond donors (Lipinski definition) is 2. The highest BCUT2D eigenvalue weighted by molar-refractivity contribution is 5.84. The highest BCUT2D eigenvalue weighted by atomic mass is 16.3. The summed E-state index contributed by atoms with van der Waals surface area (Å²) in [4.78, 5) is 14.8. The number of likely N-dealkylation sites (tertiary alicyclic amines) is 1. The first-order valence-corrected chi connectivity index (χ1v) is 7.27. The van der Waals surface area contributed by atoms with Crippen LogP contribution in [0.5, 0.6) is 0 Å². The summed E-state index contributed by atoms with van der Waals surface area (Å²) in [5, 5.41) is 9.14. The minimum Gasteiger partial charge on any atom is -0.396 e. The van der Waals surface area contributed by atoms with E-state index in [1.165, 1.54) is 0 Å². The van der Waals surface area contributed by atoms with E-state index in [1.807, 2.05) is 11.8 Å². The number of aliphatic hydroxyl groups excluding tert-OH is 1. The van der Waals surface area contributed by atoms with Crippen molar-refractivity contribution in [2.75, 3.05) is 13.2 Å². The average molecular weight is 254 g/mol. The molecule has 3 atom stereocenters. The molecule has 18 heavy (non-hydrogen) atoms. The zero-order valence-electron chi connectivity index (χ0n) is 11.4. The quantitative estimate of drug-likeness (QED) is 0.797. The van der Waals surface area contributed by atoms with E-state index >= 15 is 0 Å². The van der Waals surface area contributed by atoms with Crippen LogP contribution in [0.4, 0.5) is 0 Å². The van der Waals surface area contributed by atoms with Crippen LogP contribution in [-0.4, -0.2) is 41.1 Å². The Morgan fingerprint density at radius 3 is 2.78 bits per heavy atom. The molecule has 0 spiro atoms. The van der Waals surface area contributed by atoms with Gasteiger partial charge in [0, 0.05) is 25.2 Å². The fourth-order valence-corrected chi connectivity index (χ4v) is 3.50. The summed E-state index contributed by atoms with van der Waals surface area (Å²) in [5.74, 6) is 0.227. The van der Waals surface area contributed by atoms with Gasteiger partial charge in [-0.05, 0) is 45.4 Å². The molecule has 2 aliphatic rings. The summed E-state index contributed by atoms with van der Waals surface area (Å²) in [5.41, 5.74) is 5.77. The monoisotopic (exact) mass is 254 g/mol. The molecule has 1 aliphatic carbocycles. The van der Waals surface area contributed by atoms with Gasteiger partial charge in [0.05, 0.1) is 5.41 Å². The van der Waals surface area contributed by atoms with Crippen molar-refractivity contribution in [2.45, 2.75) is 64.0 Å². The van der Waals surface area contributed by atoms with Gasteiger partial charge in [-0.1, -0.05) is 6.42 Å². The Bertz CT molecular complexity index is 306. The lowest BCUT2D eigenvalue weighted by Gasteiger charge is -2.41. The van der Waals surface area contributed by atoms with Crippen LogP contribution in [-0.2, 0) is 4.79 Å². The van der Waals surface area contributed by atoms with Gasteiger partial charge in [-0.15, -0.1) is 0 Å². The Kier molecular flexibility index (Phi) is 4.28. The van der Waals surface area contributed by atoms with Crippen molar-refractivity contribution in [2.24, 2.45) is 11.1 Å². The molecule has 0 aromatic heterocycles. The van der Waals surface area contributed by atoms with Crippen molar-refractivity contribution in [3.8, 4) is 0 Å². The maximum absolute atomic E-state index is 12.8. The first-order chi connectivity index (χ1) is 8.59. The lowest BCUT2D eigenvalue weighted by molar-refractivity contribution is -0.145. The van der Waals surface area contributed by atoms with Gasteiger partial charge in [0.15, 0.2) is 0 Å². The molecule has 104 valence electrons. The molecule has 0 radical (unpaired) electrons. The molecule has 0 aromatic rings. The first kappa shape index (κ1) is 13.8. The van der Waals surface area contributed by atoms with E-state index in [0.29, 0.717) is 6.42 Å². The van der Waals surface area contributed by atoms with Crippen LogP contribution in [0, 0.1) is 5.41 Å². The van der Waals surface area contributed by atoms with Crippen molar-refractivity contribution in [1.29, 1.82) is 0 Å². The van der Waals surface area contributed by atoms with Gasteiger partial charge in [-0.3, -0.25) is 4.79 Å². The maximum Gasteiger partial charge on any atom is 0.230 e. The van der Waals surface area contributed by atoms with Crippen LogP contribution in [0.15, 0.2) is 0 Å². The third-order valence-electron chi connectivity index (χ3n) is 4.87. The Balaban J connectivity index is 2.10. The van der Waals surface area contributed by atoms with Gasteiger partial charge in [0.2, 0.25) is 5.91 Å². The SMILES string of the molecule is CC1(C(=O)N2CCCCC2CCO)CCCC1N. The minimum atomic E-state index is -0.370. The third kappa shape index (κ3) is 2.41. The second-order valence-corrected chi connectivity index (χ2v) is 6.08. The van der Waals surface area contributed by atoms with Crippen molar-refractivity contribution in [3.05, 3.63) is 0 Å². The predicted molar refractivity (Wildman–Crippen MR) is 71.0 cm³/mol. The number of carbonyl (C=O) groups excluding carboxylic acids is 1. The Morgan fingerprint density at radius 1 is 1.39 bits per heavy atom. The van der Waals surface area contributed by atoms with E-state index in [9.17, 15) is 4.79 Å². The molecule has 3 unspecified atom stereocenters. The van der Waals surface area contributed by atoms with E-state index in [-0.39, 0.29) is 30.0 Å². The summed E-state index contributed by atoms with van der Waals surface area (Å²) >= 11 is 0. The molecule has 1 saturated heterocycles. The molecule has 1 aliphatic heterocycles. The molecule has 0 aromatic carbocycles. The number of piperidine rings is 1. The van der Waals surface area contributed by atoms with E-state index in [2.05, 4.69) is 0 Å². The van der Waals surface area contributed by atoms with Gasteiger partial charge in [0.25, 0.3) is 0 Å². The lowest BCUT2D eigenvalue weighted by Crippen LogP contribution is -2.54. The molecule has 3 N–H and O–H groups in total. The number of nitrogens with two attached hydrogens (primary N) is 1. The summed E-state index contributed by atoms with van der Waals surface area (Å²) in [6.45, 7) is 3.03. The Hall–Kier alpha value is -0.610. The zero-order chi connectivity index (χ0) is 13.2.